The van der Waals surface area contributed by atoms with Gasteiger partial charge in [0.25, 0.3) is 0 Å². The number of fused-ring (bicyclic) bond motifs is 7. The molecule has 5 aromatic rings. The molecular weight excluding hydrogens is 777 g/mol. The van der Waals surface area contributed by atoms with Gasteiger partial charge >= 0.3 is 12.2 Å². The van der Waals surface area contributed by atoms with Gasteiger partial charge in [0.1, 0.15) is 36.1 Å². The van der Waals surface area contributed by atoms with Crippen LogP contribution in [0.4, 0.5) is 9.59 Å². The van der Waals surface area contributed by atoms with E-state index in [0.717, 1.165) is 87.0 Å². The number of benzene rings is 3. The number of hydrogen-bond acceptors (Lipinski definition) is 9. The maximum Gasteiger partial charge on any atom is 0.407 e. The summed E-state index contributed by atoms with van der Waals surface area (Å²) in [5.74, 6) is 2.47. The fourth-order valence-corrected chi connectivity index (χ4v) is 10.0. The molecule has 0 bridgehead atoms. The zero-order valence-electron chi connectivity index (χ0n) is 35.7. The number of methoxy groups -OCH3 is 2. The lowest BCUT2D eigenvalue weighted by Gasteiger charge is -2.33. The Morgan fingerprint density at radius 3 is 2.26 bits per heavy atom. The van der Waals surface area contributed by atoms with E-state index in [1.807, 2.05) is 56.7 Å². The standard InChI is InChI=1S/C46H54N8O7/c1-22(2)37(51-45(57)59-6)43(55)53-20-27-10-13-30(27)40(53)42-47-19-34(49-42)26-9-12-29-28(16-26)21-61-36-18-31-25(17-32(29)36)11-14-33-39(31)50-41(48-33)35-15-8-24(5)54(35)44(56)38(23(3)4)52-46(58)60-7/h9,11-12,14,16-19,22-24,27,30,35,37-38,40H,8,10,13,15,20-21H2,1-7H3,(H,47,49)(H,48,50)(H,51,57)(H,52,58)/t24-,27+,30+,35-,37-,38-,40-/m0/s1. The number of aromatic nitrogens is 4. The first-order valence-electron chi connectivity index (χ1n) is 21.4. The molecule has 4 amide bonds. The summed E-state index contributed by atoms with van der Waals surface area (Å²) in [7, 11) is 2.60. The molecule has 1 saturated carbocycles. The Balaban J connectivity index is 0.975. The number of rotatable bonds is 9. The van der Waals surface area contributed by atoms with Crippen molar-refractivity contribution < 1.29 is 33.4 Å². The van der Waals surface area contributed by atoms with E-state index in [9.17, 15) is 19.2 Å². The van der Waals surface area contributed by atoms with Crippen LogP contribution in [0.1, 0.15) is 89.6 Å². The largest absolute Gasteiger partial charge is 0.488 e. The predicted octanol–water partition coefficient (Wildman–Crippen LogP) is 7.39. The molecule has 320 valence electrons. The van der Waals surface area contributed by atoms with Gasteiger partial charge in [-0.25, -0.2) is 19.6 Å². The second-order valence-corrected chi connectivity index (χ2v) is 17.8. The zero-order valence-corrected chi connectivity index (χ0v) is 35.7. The Bertz CT molecular complexity index is 2550. The van der Waals surface area contributed by atoms with Crippen molar-refractivity contribution in [3.05, 3.63) is 65.9 Å². The quantitative estimate of drug-likeness (QED) is 0.118. The van der Waals surface area contributed by atoms with Crippen molar-refractivity contribution in [2.45, 2.75) is 97.1 Å². The van der Waals surface area contributed by atoms with Crippen molar-refractivity contribution >= 4 is 45.8 Å². The Morgan fingerprint density at radius 1 is 0.836 bits per heavy atom. The van der Waals surface area contributed by atoms with Crippen LogP contribution in [-0.4, -0.2) is 92.6 Å². The van der Waals surface area contributed by atoms with Gasteiger partial charge in [-0.2, -0.15) is 0 Å². The van der Waals surface area contributed by atoms with Crippen molar-refractivity contribution in [2.75, 3.05) is 20.8 Å². The van der Waals surface area contributed by atoms with Gasteiger partial charge in [-0.05, 0) is 103 Å². The highest BCUT2D eigenvalue weighted by molar-refractivity contribution is 6.07. The Hall–Kier alpha value is -6.12. The van der Waals surface area contributed by atoms with Crippen LogP contribution in [0.15, 0.2) is 48.7 Å². The van der Waals surface area contributed by atoms with Gasteiger partial charge in [0.2, 0.25) is 11.8 Å². The summed E-state index contributed by atoms with van der Waals surface area (Å²) in [6, 6.07) is 12.8. The number of nitrogens with zero attached hydrogens (tertiary/aromatic N) is 4. The molecule has 0 unspecified atom stereocenters. The molecule has 5 heterocycles. The maximum absolute atomic E-state index is 14.0. The van der Waals surface area contributed by atoms with Crippen LogP contribution in [0.5, 0.6) is 5.75 Å². The second-order valence-electron chi connectivity index (χ2n) is 17.8. The molecule has 61 heavy (non-hydrogen) atoms. The lowest BCUT2D eigenvalue weighted by molar-refractivity contribution is -0.137. The fraction of sp³-hybridized carbons (Fsp3) is 0.478. The number of carbonyl (C=O) groups is 4. The van der Waals surface area contributed by atoms with E-state index in [2.05, 4.69) is 57.0 Å². The second kappa shape index (κ2) is 15.7. The molecule has 7 atom stereocenters. The third-order valence-corrected chi connectivity index (χ3v) is 13.5. The molecule has 0 spiro atoms. The molecule has 3 fully saturated rings. The Kier molecular flexibility index (Phi) is 10.4. The number of ether oxygens (including phenoxy) is 3. The van der Waals surface area contributed by atoms with Gasteiger partial charge in [0.05, 0.1) is 49.2 Å². The van der Waals surface area contributed by atoms with E-state index >= 15 is 0 Å². The molecule has 4 N–H and O–H groups in total. The minimum Gasteiger partial charge on any atom is -0.488 e. The highest BCUT2D eigenvalue weighted by Gasteiger charge is 2.52. The van der Waals surface area contributed by atoms with Crippen LogP contribution in [0.3, 0.4) is 0 Å². The number of carbonyl (C=O) groups excluding carboxylic acids is 4. The summed E-state index contributed by atoms with van der Waals surface area (Å²) in [4.78, 5) is 73.0. The summed E-state index contributed by atoms with van der Waals surface area (Å²) < 4.78 is 16.1. The Morgan fingerprint density at radius 2 is 1.57 bits per heavy atom. The van der Waals surface area contributed by atoms with Crippen molar-refractivity contribution in [2.24, 2.45) is 23.7 Å². The number of imidazole rings is 2. The first kappa shape index (κ1) is 40.3. The average molecular weight is 831 g/mol. The van der Waals surface area contributed by atoms with Crippen LogP contribution < -0.4 is 15.4 Å². The summed E-state index contributed by atoms with van der Waals surface area (Å²) in [6.45, 7) is 10.7. The third kappa shape index (κ3) is 7.01. The SMILES string of the molecule is COC(=O)N[C@H](C(=O)N1C[C@H]2CC[C@H]2[C@H]1c1ncc(-c2ccc3c(c2)COc2cc4c(ccc5nc([C@@H]6CC[C@H](C)N6C(=O)[C@@H](NC(=O)OC)C(C)C)[nH]c54)cc2-3)[nH]1)C(C)C. The fourth-order valence-electron chi connectivity index (χ4n) is 10.0. The van der Waals surface area contributed by atoms with Crippen LogP contribution in [0.2, 0.25) is 0 Å². The van der Waals surface area contributed by atoms with E-state index in [0.29, 0.717) is 30.8 Å². The first-order valence-corrected chi connectivity index (χ1v) is 21.4. The van der Waals surface area contributed by atoms with E-state index in [1.54, 1.807) is 0 Å². The van der Waals surface area contributed by atoms with Gasteiger partial charge < -0.3 is 44.6 Å². The van der Waals surface area contributed by atoms with Crippen LogP contribution in [0.25, 0.3) is 44.2 Å². The average Bonchev–Trinajstić information content (AvgIpc) is 4.04. The monoisotopic (exact) mass is 830 g/mol. The van der Waals surface area contributed by atoms with E-state index < -0.39 is 24.3 Å². The summed E-state index contributed by atoms with van der Waals surface area (Å²) >= 11 is 0. The highest BCUT2D eigenvalue weighted by Crippen LogP contribution is 2.52. The molecule has 4 aliphatic rings. The van der Waals surface area contributed by atoms with E-state index in [-0.39, 0.29) is 41.8 Å². The number of hydrogen-bond donors (Lipinski definition) is 4. The van der Waals surface area contributed by atoms with Crippen LogP contribution in [0, 0.1) is 23.7 Å². The molecule has 2 saturated heterocycles. The van der Waals surface area contributed by atoms with Gasteiger partial charge in [0, 0.05) is 23.5 Å². The molecule has 2 aromatic heterocycles. The van der Waals surface area contributed by atoms with E-state index in [1.165, 1.54) is 14.2 Å². The number of nitrogens with one attached hydrogen (secondary N) is 4. The van der Waals surface area contributed by atoms with Crippen molar-refractivity contribution in [3.8, 4) is 28.1 Å². The molecule has 15 heteroatoms. The zero-order chi connectivity index (χ0) is 42.9. The van der Waals surface area contributed by atoms with E-state index in [4.69, 9.17) is 24.2 Å². The topological polar surface area (TPSA) is 184 Å². The van der Waals surface area contributed by atoms with Crippen LogP contribution in [-0.2, 0) is 25.7 Å². The van der Waals surface area contributed by atoms with Crippen molar-refractivity contribution in [1.82, 2.24) is 40.4 Å². The highest BCUT2D eigenvalue weighted by atomic mass is 16.5. The first-order chi connectivity index (χ1) is 29.3. The lowest BCUT2D eigenvalue weighted by Crippen LogP contribution is -2.52. The molecule has 1 aliphatic carbocycles. The summed E-state index contributed by atoms with van der Waals surface area (Å²) in [5.41, 5.74) is 6.66. The van der Waals surface area contributed by atoms with Crippen LogP contribution >= 0.6 is 0 Å². The molecular formula is C46H54N8O7. The van der Waals surface area contributed by atoms with Gasteiger partial charge in [-0.3, -0.25) is 9.59 Å². The number of H-pyrrole nitrogens is 2. The number of likely N-dealkylation sites (tertiary alicyclic amines) is 2. The molecule has 9 rings (SSSR count). The minimum atomic E-state index is -0.725. The third-order valence-electron chi connectivity index (χ3n) is 13.5. The van der Waals surface area contributed by atoms with Gasteiger partial charge in [-0.1, -0.05) is 45.9 Å². The summed E-state index contributed by atoms with van der Waals surface area (Å²) in [6.07, 6.45) is 4.26. The minimum absolute atomic E-state index is 0.0243. The predicted molar refractivity (Wildman–Crippen MR) is 228 cm³/mol. The molecule has 0 radical (unpaired) electrons. The summed E-state index contributed by atoms with van der Waals surface area (Å²) in [5, 5.41) is 7.50. The normalized spacial score (nSPS) is 22.6. The lowest BCUT2D eigenvalue weighted by atomic mass is 9.73. The smallest absolute Gasteiger partial charge is 0.407 e. The molecule has 3 aromatic carbocycles. The number of alkyl carbamates (subject to hydrolysis) is 2. The van der Waals surface area contributed by atoms with Crippen molar-refractivity contribution in [1.29, 1.82) is 0 Å². The van der Waals surface area contributed by atoms with Gasteiger partial charge in [-0.15, -0.1) is 0 Å². The number of aromatic amines is 2. The van der Waals surface area contributed by atoms with Crippen molar-refractivity contribution in [3.63, 3.8) is 0 Å². The maximum atomic E-state index is 14.0. The molecule has 3 aliphatic heterocycles. The number of amides is 4. The molecule has 15 nitrogen and oxygen atoms in total. The van der Waals surface area contributed by atoms with Gasteiger partial charge in [0.15, 0.2) is 0 Å². The Labute approximate surface area is 354 Å².